The van der Waals surface area contributed by atoms with Gasteiger partial charge in [-0.25, -0.2) is 4.79 Å². The number of nitrogens with two attached hydrogens (primary N) is 1. The van der Waals surface area contributed by atoms with E-state index >= 15 is 0 Å². The standard InChI is InChI=1S/C15H17N3O2/c1-10-6-7-12(9-14(10)16)18-15(19)17-11-4-3-5-13(8-11)20-2/h3-9H,16H2,1-2H3,(H2,17,18,19). The highest BCUT2D eigenvalue weighted by molar-refractivity contribution is 6.00. The van der Waals surface area contributed by atoms with Gasteiger partial charge in [0, 0.05) is 23.1 Å². The first-order valence-electron chi connectivity index (χ1n) is 6.16. The van der Waals surface area contributed by atoms with Crippen LogP contribution < -0.4 is 21.1 Å². The van der Waals surface area contributed by atoms with Crippen LogP contribution in [0.1, 0.15) is 5.56 Å². The van der Waals surface area contributed by atoms with Crippen molar-refractivity contribution in [3.8, 4) is 5.75 Å². The molecule has 0 aliphatic heterocycles. The van der Waals surface area contributed by atoms with Crippen molar-refractivity contribution in [2.75, 3.05) is 23.5 Å². The Morgan fingerprint density at radius 1 is 1.10 bits per heavy atom. The lowest BCUT2D eigenvalue weighted by atomic mass is 10.2. The number of nitrogens with one attached hydrogen (secondary N) is 2. The molecule has 0 fully saturated rings. The van der Waals surface area contributed by atoms with Gasteiger partial charge >= 0.3 is 6.03 Å². The van der Waals surface area contributed by atoms with E-state index in [-0.39, 0.29) is 6.03 Å². The Bertz CT molecular complexity index is 626. The first-order valence-corrected chi connectivity index (χ1v) is 6.16. The zero-order valence-corrected chi connectivity index (χ0v) is 11.4. The molecule has 2 rings (SSSR count). The van der Waals surface area contributed by atoms with Gasteiger partial charge in [0.15, 0.2) is 0 Å². The third-order valence-corrected chi connectivity index (χ3v) is 2.86. The van der Waals surface area contributed by atoms with Gasteiger partial charge < -0.3 is 21.1 Å². The highest BCUT2D eigenvalue weighted by Crippen LogP contribution is 2.19. The molecule has 4 N–H and O–H groups in total. The lowest BCUT2D eigenvalue weighted by molar-refractivity contribution is 0.262. The average Bonchev–Trinajstić information content (AvgIpc) is 2.43. The Kier molecular flexibility index (Phi) is 4.10. The fraction of sp³-hybridized carbons (Fsp3) is 0.133. The maximum atomic E-state index is 11.9. The van der Waals surface area contributed by atoms with Crippen LogP contribution >= 0.6 is 0 Å². The molecule has 2 aromatic rings. The van der Waals surface area contributed by atoms with E-state index in [9.17, 15) is 4.79 Å². The van der Waals surface area contributed by atoms with Gasteiger partial charge in [-0.05, 0) is 36.8 Å². The van der Waals surface area contributed by atoms with Crippen molar-refractivity contribution in [3.63, 3.8) is 0 Å². The lowest BCUT2D eigenvalue weighted by Gasteiger charge is -2.10. The molecule has 20 heavy (non-hydrogen) atoms. The van der Waals surface area contributed by atoms with Crippen LogP contribution in [0.3, 0.4) is 0 Å². The fourth-order valence-electron chi connectivity index (χ4n) is 1.71. The molecule has 0 saturated carbocycles. The van der Waals surface area contributed by atoms with E-state index in [0.29, 0.717) is 22.8 Å². The number of nitrogen functional groups attached to an aromatic ring is 1. The van der Waals surface area contributed by atoms with Crippen molar-refractivity contribution in [2.45, 2.75) is 6.92 Å². The number of rotatable bonds is 3. The Balaban J connectivity index is 2.03. The predicted octanol–water partition coefficient (Wildman–Crippen LogP) is 3.23. The highest BCUT2D eigenvalue weighted by atomic mass is 16.5. The van der Waals surface area contributed by atoms with Crippen LogP contribution in [0.25, 0.3) is 0 Å². The summed E-state index contributed by atoms with van der Waals surface area (Å²) in [6.45, 7) is 1.91. The van der Waals surface area contributed by atoms with Crippen LogP contribution in [0.5, 0.6) is 5.75 Å². The minimum absolute atomic E-state index is 0.332. The monoisotopic (exact) mass is 271 g/mol. The van der Waals surface area contributed by atoms with Crippen molar-refractivity contribution < 1.29 is 9.53 Å². The number of hydrogen-bond donors (Lipinski definition) is 3. The number of amides is 2. The number of carbonyl (C=O) groups is 1. The molecule has 0 unspecified atom stereocenters. The Hall–Kier alpha value is -2.69. The molecule has 0 radical (unpaired) electrons. The number of hydrogen-bond acceptors (Lipinski definition) is 3. The van der Waals surface area contributed by atoms with Crippen LogP contribution in [0.4, 0.5) is 21.9 Å². The van der Waals surface area contributed by atoms with Gasteiger partial charge in [0.2, 0.25) is 0 Å². The van der Waals surface area contributed by atoms with Gasteiger partial charge in [0.25, 0.3) is 0 Å². The molecule has 0 aliphatic rings. The smallest absolute Gasteiger partial charge is 0.323 e. The fourth-order valence-corrected chi connectivity index (χ4v) is 1.71. The number of carbonyl (C=O) groups excluding carboxylic acids is 1. The SMILES string of the molecule is COc1cccc(NC(=O)Nc2ccc(C)c(N)c2)c1. The summed E-state index contributed by atoms with van der Waals surface area (Å²) in [4.78, 5) is 11.9. The number of methoxy groups -OCH3 is 1. The van der Waals surface area contributed by atoms with Crippen molar-refractivity contribution in [3.05, 3.63) is 48.0 Å². The largest absolute Gasteiger partial charge is 0.497 e. The first-order chi connectivity index (χ1) is 9.58. The minimum atomic E-state index is -0.332. The van der Waals surface area contributed by atoms with Gasteiger partial charge in [-0.2, -0.15) is 0 Å². The maximum Gasteiger partial charge on any atom is 0.323 e. The summed E-state index contributed by atoms with van der Waals surface area (Å²) in [5.41, 5.74) is 8.72. The normalized spacial score (nSPS) is 9.90. The van der Waals surface area contributed by atoms with Gasteiger partial charge in [-0.1, -0.05) is 12.1 Å². The molecule has 0 spiro atoms. The summed E-state index contributed by atoms with van der Waals surface area (Å²) in [7, 11) is 1.58. The second-order valence-electron chi connectivity index (χ2n) is 4.38. The first kappa shape index (κ1) is 13.7. The molecule has 0 aliphatic carbocycles. The number of urea groups is 1. The van der Waals surface area contributed by atoms with Crippen LogP contribution in [0, 0.1) is 6.92 Å². The molecule has 0 atom stereocenters. The quantitative estimate of drug-likeness (QED) is 0.750. The second-order valence-corrected chi connectivity index (χ2v) is 4.38. The summed E-state index contributed by atoms with van der Waals surface area (Å²) in [5, 5.41) is 5.45. The van der Waals surface area contributed by atoms with E-state index in [0.717, 1.165) is 5.56 Å². The van der Waals surface area contributed by atoms with E-state index in [1.165, 1.54) is 0 Å². The molecule has 2 aromatic carbocycles. The molecule has 5 heteroatoms. The van der Waals surface area contributed by atoms with Crippen LogP contribution in [-0.2, 0) is 0 Å². The Morgan fingerprint density at radius 3 is 2.45 bits per heavy atom. The highest BCUT2D eigenvalue weighted by Gasteiger charge is 2.04. The van der Waals surface area contributed by atoms with Crippen molar-refractivity contribution in [2.24, 2.45) is 0 Å². The molecule has 2 amide bonds. The number of ether oxygens (including phenoxy) is 1. The second kappa shape index (κ2) is 5.97. The van der Waals surface area contributed by atoms with E-state index in [2.05, 4.69) is 10.6 Å². The molecular formula is C15H17N3O2. The number of anilines is 3. The number of aryl methyl sites for hydroxylation is 1. The van der Waals surface area contributed by atoms with E-state index in [1.807, 2.05) is 19.1 Å². The molecule has 0 heterocycles. The molecule has 0 aromatic heterocycles. The molecule has 0 saturated heterocycles. The van der Waals surface area contributed by atoms with Crippen molar-refractivity contribution >= 4 is 23.1 Å². The topological polar surface area (TPSA) is 76.4 Å². The predicted molar refractivity (Wildman–Crippen MR) is 81.2 cm³/mol. The van der Waals surface area contributed by atoms with Crippen molar-refractivity contribution in [1.29, 1.82) is 0 Å². The summed E-state index contributed by atoms with van der Waals surface area (Å²) in [6, 6.07) is 12.2. The van der Waals surface area contributed by atoms with E-state index < -0.39 is 0 Å². The third kappa shape index (κ3) is 3.41. The van der Waals surface area contributed by atoms with Gasteiger partial charge in [0.1, 0.15) is 5.75 Å². The van der Waals surface area contributed by atoms with E-state index in [4.69, 9.17) is 10.5 Å². The summed E-state index contributed by atoms with van der Waals surface area (Å²) >= 11 is 0. The molecule has 5 nitrogen and oxygen atoms in total. The van der Waals surface area contributed by atoms with Crippen LogP contribution in [-0.4, -0.2) is 13.1 Å². The summed E-state index contributed by atoms with van der Waals surface area (Å²) in [5.74, 6) is 0.683. The maximum absolute atomic E-state index is 11.9. The zero-order chi connectivity index (χ0) is 14.5. The third-order valence-electron chi connectivity index (χ3n) is 2.86. The Morgan fingerprint density at radius 2 is 1.80 bits per heavy atom. The Labute approximate surface area is 117 Å². The van der Waals surface area contributed by atoms with Gasteiger partial charge in [-0.15, -0.1) is 0 Å². The summed E-state index contributed by atoms with van der Waals surface area (Å²) in [6.07, 6.45) is 0. The van der Waals surface area contributed by atoms with Gasteiger partial charge in [0.05, 0.1) is 7.11 Å². The molecular weight excluding hydrogens is 254 g/mol. The van der Waals surface area contributed by atoms with Crippen molar-refractivity contribution in [1.82, 2.24) is 0 Å². The number of benzene rings is 2. The summed E-state index contributed by atoms with van der Waals surface area (Å²) < 4.78 is 5.10. The van der Waals surface area contributed by atoms with Crippen LogP contribution in [0.15, 0.2) is 42.5 Å². The zero-order valence-electron chi connectivity index (χ0n) is 11.4. The van der Waals surface area contributed by atoms with Gasteiger partial charge in [-0.3, -0.25) is 0 Å². The molecule has 0 bridgehead atoms. The lowest BCUT2D eigenvalue weighted by Crippen LogP contribution is -2.19. The average molecular weight is 271 g/mol. The molecule has 104 valence electrons. The van der Waals surface area contributed by atoms with Crippen LogP contribution in [0.2, 0.25) is 0 Å². The van der Waals surface area contributed by atoms with E-state index in [1.54, 1.807) is 37.4 Å². The minimum Gasteiger partial charge on any atom is -0.497 e.